The van der Waals surface area contributed by atoms with Crippen molar-refractivity contribution in [1.29, 1.82) is 0 Å². The number of carbonyl (C=O) groups excluding carboxylic acids is 1. The molecule has 300 valence electrons. The number of nitrogens with zero attached hydrogens (tertiary/aromatic N) is 1. The van der Waals surface area contributed by atoms with Gasteiger partial charge >= 0.3 is 7.82 Å². The van der Waals surface area contributed by atoms with E-state index in [9.17, 15) is 19.4 Å². The molecule has 3 atom stereocenters. The maximum Gasteiger partial charge on any atom is 0.472 e. The van der Waals surface area contributed by atoms with E-state index in [1.165, 1.54) is 38.5 Å². The molecule has 9 heteroatoms. The average Bonchev–Trinajstić information content (AvgIpc) is 3.09. The van der Waals surface area contributed by atoms with E-state index >= 15 is 0 Å². The Kier molecular flexibility index (Phi) is 33.3. The summed E-state index contributed by atoms with van der Waals surface area (Å²) < 4.78 is 23.5. The van der Waals surface area contributed by atoms with Crippen molar-refractivity contribution in [2.75, 3.05) is 40.9 Å². The number of nitrogens with one attached hydrogen (secondary N) is 1. The van der Waals surface area contributed by atoms with Crippen molar-refractivity contribution < 1.29 is 32.9 Å². The summed E-state index contributed by atoms with van der Waals surface area (Å²) in [5, 5.41) is 13.7. The molecule has 0 heterocycles. The van der Waals surface area contributed by atoms with Gasteiger partial charge < -0.3 is 19.8 Å². The predicted octanol–water partition coefficient (Wildman–Crippen LogP) is 10.9. The Labute approximate surface area is 319 Å². The lowest BCUT2D eigenvalue weighted by Gasteiger charge is -2.25. The molecule has 0 saturated carbocycles. The number of unbranched alkanes of at least 4 members (excludes halogenated alkanes) is 12. The molecule has 3 N–H and O–H groups in total. The fourth-order valence-electron chi connectivity index (χ4n) is 5.14. The molecule has 0 spiro atoms. The van der Waals surface area contributed by atoms with Crippen LogP contribution in [0.2, 0.25) is 0 Å². The van der Waals surface area contributed by atoms with E-state index in [1.807, 2.05) is 27.2 Å². The van der Waals surface area contributed by atoms with E-state index in [-0.39, 0.29) is 19.1 Å². The molecule has 0 aromatic rings. The van der Waals surface area contributed by atoms with Crippen molar-refractivity contribution in [2.45, 2.75) is 154 Å². The Morgan fingerprint density at radius 3 is 1.77 bits per heavy atom. The molecule has 1 amide bonds. The zero-order valence-corrected chi connectivity index (χ0v) is 34.7. The SMILES string of the molecule is CC/C=C\C/C=C\C/C=C\CCCCCCCCCC(=O)NC(COP(=O)(O)OCC[N+](C)(C)C)C(O)/C=C/CC/C=C/CC/C=C/CCCCC. The van der Waals surface area contributed by atoms with E-state index in [0.29, 0.717) is 17.4 Å². The van der Waals surface area contributed by atoms with Crippen LogP contribution in [0.5, 0.6) is 0 Å². The second kappa shape index (κ2) is 34.7. The molecule has 0 aromatic heterocycles. The fraction of sp³-hybridized carbons (Fsp3) is 0.698. The number of aliphatic hydroxyl groups is 1. The first-order valence-electron chi connectivity index (χ1n) is 20.3. The Morgan fingerprint density at radius 1 is 0.673 bits per heavy atom. The van der Waals surface area contributed by atoms with Crippen LogP contribution in [-0.2, 0) is 18.4 Å². The lowest BCUT2D eigenvalue weighted by Crippen LogP contribution is -2.45. The number of likely N-dealkylation sites (N-methyl/N-ethyl adjacent to an activating group) is 1. The van der Waals surface area contributed by atoms with Crippen LogP contribution >= 0.6 is 7.82 Å². The lowest BCUT2D eigenvalue weighted by atomic mass is 10.1. The Hall–Kier alpha value is -2.06. The maximum atomic E-state index is 12.8. The van der Waals surface area contributed by atoms with Crippen molar-refractivity contribution in [3.8, 4) is 0 Å². The molecular formula is C43H78N2O6P+. The summed E-state index contributed by atoms with van der Waals surface area (Å²) in [5.41, 5.74) is 0. The molecule has 0 rings (SSSR count). The Balaban J connectivity index is 4.57. The number of amides is 1. The van der Waals surface area contributed by atoms with Crippen molar-refractivity contribution in [3.05, 3.63) is 72.9 Å². The molecule has 8 nitrogen and oxygen atoms in total. The van der Waals surface area contributed by atoms with Crippen molar-refractivity contribution in [3.63, 3.8) is 0 Å². The molecule has 0 radical (unpaired) electrons. The highest BCUT2D eigenvalue weighted by Crippen LogP contribution is 2.43. The van der Waals surface area contributed by atoms with Gasteiger partial charge in [-0.05, 0) is 77.0 Å². The third kappa shape index (κ3) is 36.3. The molecule has 0 aliphatic rings. The summed E-state index contributed by atoms with van der Waals surface area (Å²) in [5.74, 6) is -0.207. The van der Waals surface area contributed by atoms with Gasteiger partial charge in [0.2, 0.25) is 5.91 Å². The smallest absolute Gasteiger partial charge is 0.387 e. The number of aliphatic hydroxyl groups excluding tert-OH is 1. The minimum atomic E-state index is -4.35. The monoisotopic (exact) mass is 750 g/mol. The van der Waals surface area contributed by atoms with Crippen LogP contribution in [0, 0.1) is 0 Å². The molecule has 0 fully saturated rings. The number of phosphoric ester groups is 1. The Morgan fingerprint density at radius 2 is 1.17 bits per heavy atom. The van der Waals surface area contributed by atoms with Gasteiger partial charge in [-0.15, -0.1) is 0 Å². The highest BCUT2D eigenvalue weighted by atomic mass is 31.2. The molecule has 0 aromatic carbocycles. The largest absolute Gasteiger partial charge is 0.472 e. The lowest BCUT2D eigenvalue weighted by molar-refractivity contribution is -0.870. The first kappa shape index (κ1) is 49.9. The number of quaternary nitrogens is 1. The minimum absolute atomic E-state index is 0.0476. The van der Waals surface area contributed by atoms with Gasteiger partial charge in [0.15, 0.2) is 0 Å². The summed E-state index contributed by atoms with van der Waals surface area (Å²) in [6, 6.07) is -0.876. The third-order valence-corrected chi connectivity index (χ3v) is 9.37. The van der Waals surface area contributed by atoms with E-state index in [0.717, 1.165) is 83.5 Å². The second-order valence-corrected chi connectivity index (χ2v) is 16.1. The van der Waals surface area contributed by atoms with Gasteiger partial charge in [0.25, 0.3) is 0 Å². The van der Waals surface area contributed by atoms with Crippen LogP contribution in [0.15, 0.2) is 72.9 Å². The topological polar surface area (TPSA) is 105 Å². The summed E-state index contributed by atoms with van der Waals surface area (Å²) in [7, 11) is 1.52. The number of allylic oxidation sites excluding steroid dienone is 11. The van der Waals surface area contributed by atoms with Crippen LogP contribution in [-0.4, -0.2) is 73.4 Å². The van der Waals surface area contributed by atoms with Crippen LogP contribution in [0.4, 0.5) is 0 Å². The number of carbonyl (C=O) groups is 1. The molecule has 52 heavy (non-hydrogen) atoms. The van der Waals surface area contributed by atoms with Crippen molar-refractivity contribution in [1.82, 2.24) is 5.32 Å². The predicted molar refractivity (Wildman–Crippen MR) is 221 cm³/mol. The van der Waals surface area contributed by atoms with Crippen LogP contribution < -0.4 is 5.32 Å². The van der Waals surface area contributed by atoms with E-state index < -0.39 is 20.0 Å². The van der Waals surface area contributed by atoms with Crippen LogP contribution in [0.1, 0.15) is 142 Å². The third-order valence-electron chi connectivity index (χ3n) is 8.39. The first-order chi connectivity index (χ1) is 25.0. The fourth-order valence-corrected chi connectivity index (χ4v) is 5.88. The van der Waals surface area contributed by atoms with Crippen LogP contribution in [0.3, 0.4) is 0 Å². The minimum Gasteiger partial charge on any atom is -0.387 e. The van der Waals surface area contributed by atoms with Gasteiger partial charge in [0.1, 0.15) is 13.2 Å². The highest BCUT2D eigenvalue weighted by molar-refractivity contribution is 7.47. The van der Waals surface area contributed by atoms with Gasteiger partial charge in [-0.25, -0.2) is 4.57 Å². The normalized spacial score (nSPS) is 15.3. The molecular weight excluding hydrogens is 671 g/mol. The summed E-state index contributed by atoms with van der Waals surface area (Å²) >= 11 is 0. The van der Waals surface area contributed by atoms with Gasteiger partial charge in [-0.1, -0.05) is 132 Å². The zero-order valence-electron chi connectivity index (χ0n) is 33.8. The summed E-state index contributed by atoms with van der Waals surface area (Å²) in [6.45, 7) is 4.60. The number of phosphoric acid groups is 1. The molecule has 0 aliphatic heterocycles. The van der Waals surface area contributed by atoms with E-state index in [4.69, 9.17) is 9.05 Å². The highest BCUT2D eigenvalue weighted by Gasteiger charge is 2.27. The van der Waals surface area contributed by atoms with Gasteiger partial charge in [-0.2, -0.15) is 0 Å². The van der Waals surface area contributed by atoms with Crippen LogP contribution in [0.25, 0.3) is 0 Å². The number of hydrogen-bond acceptors (Lipinski definition) is 5. The zero-order chi connectivity index (χ0) is 38.6. The van der Waals surface area contributed by atoms with E-state index in [2.05, 4.69) is 79.9 Å². The molecule has 0 saturated heterocycles. The van der Waals surface area contributed by atoms with Gasteiger partial charge in [0, 0.05) is 6.42 Å². The second-order valence-electron chi connectivity index (χ2n) is 14.6. The van der Waals surface area contributed by atoms with Gasteiger partial charge in [0.05, 0.1) is 39.9 Å². The first-order valence-corrected chi connectivity index (χ1v) is 21.8. The van der Waals surface area contributed by atoms with Gasteiger partial charge in [-0.3, -0.25) is 13.8 Å². The average molecular weight is 750 g/mol. The summed E-state index contributed by atoms with van der Waals surface area (Å²) in [6.07, 6.45) is 45.4. The quantitative estimate of drug-likeness (QED) is 0.0258. The maximum absolute atomic E-state index is 12.8. The Bertz CT molecular complexity index is 1080. The number of hydrogen-bond donors (Lipinski definition) is 3. The molecule has 0 bridgehead atoms. The summed E-state index contributed by atoms with van der Waals surface area (Å²) in [4.78, 5) is 23.0. The van der Waals surface area contributed by atoms with Crippen molar-refractivity contribution in [2.24, 2.45) is 0 Å². The van der Waals surface area contributed by atoms with Crippen molar-refractivity contribution >= 4 is 13.7 Å². The standard InChI is InChI=1S/C43H77N2O6P/c1-6-8-10-12-14-16-18-20-21-22-23-25-27-29-31-33-35-37-43(47)44-41(40-51-52(48,49)50-39-38-45(3,4)5)42(46)36-34-32-30-28-26-24-19-17-15-13-11-9-7-2/h8,10,14-17,20-21,26,28,34,36,41-42,46H,6-7,9,11-13,18-19,22-25,27,29-33,35,37-40H2,1-5H3,(H-,44,47,48,49)/p+1/b10-8-,16-14-,17-15+,21-20-,28-26+,36-34+. The van der Waals surface area contributed by atoms with E-state index in [1.54, 1.807) is 6.08 Å². The molecule has 3 unspecified atom stereocenters. The molecule has 0 aliphatic carbocycles. The number of rotatable bonds is 35.